The molecule has 0 saturated carbocycles. The van der Waals surface area contributed by atoms with Gasteiger partial charge in [0.05, 0.1) is 16.0 Å². The highest BCUT2D eigenvalue weighted by Gasteiger charge is 2.43. The maximum Gasteiger partial charge on any atom is 0.451 e. The Labute approximate surface area is 151 Å². The van der Waals surface area contributed by atoms with E-state index < -0.39 is 50.7 Å². The zero-order chi connectivity index (χ0) is 21.1. The molecule has 28 heavy (non-hydrogen) atoms. The number of primary sulfonamides is 1. The van der Waals surface area contributed by atoms with Gasteiger partial charge >= 0.3 is 12.4 Å². The van der Waals surface area contributed by atoms with Gasteiger partial charge in [0.1, 0.15) is 5.82 Å². The lowest BCUT2D eigenvalue weighted by Gasteiger charge is -2.10. The van der Waals surface area contributed by atoms with E-state index in [4.69, 9.17) is 10.9 Å². The van der Waals surface area contributed by atoms with Crippen molar-refractivity contribution in [1.82, 2.24) is 19.7 Å². The van der Waals surface area contributed by atoms with Crippen LogP contribution in [0.2, 0.25) is 0 Å². The second kappa shape index (κ2) is 6.03. The number of hydrogen-bond donors (Lipinski definition) is 2. The van der Waals surface area contributed by atoms with E-state index in [1.165, 1.54) is 0 Å². The second-order valence-corrected chi connectivity index (χ2v) is 6.99. The van der Waals surface area contributed by atoms with Crippen LogP contribution in [0, 0.1) is 0 Å². The van der Waals surface area contributed by atoms with Crippen LogP contribution in [0.1, 0.15) is 11.5 Å². The molecule has 0 aliphatic heterocycles. The third kappa shape index (κ3) is 3.45. The number of nitrogens with two attached hydrogens (primary N) is 2. The van der Waals surface area contributed by atoms with Crippen molar-refractivity contribution in [2.75, 3.05) is 5.73 Å². The summed E-state index contributed by atoms with van der Waals surface area (Å²) in [5.41, 5.74) is 2.79. The van der Waals surface area contributed by atoms with Crippen LogP contribution < -0.4 is 10.9 Å². The molecule has 0 unspecified atom stereocenters. The Kier molecular flexibility index (Phi) is 4.27. The first-order chi connectivity index (χ1) is 12.7. The zero-order valence-electron chi connectivity index (χ0n) is 13.2. The summed E-state index contributed by atoms with van der Waals surface area (Å²) < 4.78 is 101. The van der Waals surface area contributed by atoms with Gasteiger partial charge in [-0.15, -0.1) is 5.10 Å². The van der Waals surface area contributed by atoms with Crippen LogP contribution in [0.5, 0.6) is 0 Å². The molecule has 4 N–H and O–H groups in total. The molecule has 0 bridgehead atoms. The number of anilines is 1. The molecule has 0 radical (unpaired) electrons. The van der Waals surface area contributed by atoms with E-state index in [2.05, 4.69) is 15.1 Å². The van der Waals surface area contributed by atoms with Crippen LogP contribution in [0.4, 0.5) is 32.2 Å². The van der Waals surface area contributed by atoms with E-state index >= 15 is 0 Å². The van der Waals surface area contributed by atoms with E-state index in [1.807, 2.05) is 0 Å². The average Bonchev–Trinajstić information content (AvgIpc) is 2.89. The Morgan fingerprint density at radius 3 is 1.96 bits per heavy atom. The molecule has 0 saturated heterocycles. The maximum absolute atomic E-state index is 13.2. The lowest BCUT2D eigenvalue weighted by molar-refractivity contribution is -0.151. The summed E-state index contributed by atoms with van der Waals surface area (Å²) in [5.74, 6) is -2.71. The maximum atomic E-state index is 13.2. The van der Waals surface area contributed by atoms with Crippen molar-refractivity contribution in [1.29, 1.82) is 0 Å². The summed E-state index contributed by atoms with van der Waals surface area (Å²) in [4.78, 5) is 5.28. The monoisotopic (exact) mass is 426 g/mol. The Hall–Kier alpha value is -2.94. The minimum Gasteiger partial charge on any atom is -0.383 e. The first-order valence-corrected chi connectivity index (χ1v) is 8.58. The fourth-order valence-corrected chi connectivity index (χ4v) is 2.83. The molecular formula is C13H8F6N6O2S. The molecule has 3 rings (SSSR count). The predicted octanol–water partition coefficient (Wildman–Crippen LogP) is 2.08. The van der Waals surface area contributed by atoms with Crippen LogP contribution in [-0.2, 0) is 22.4 Å². The fraction of sp³-hybridized carbons (Fsp3) is 0.154. The molecule has 0 amide bonds. The van der Waals surface area contributed by atoms with Gasteiger partial charge < -0.3 is 5.73 Å². The highest BCUT2D eigenvalue weighted by atomic mass is 32.2. The number of nitrogen functional groups attached to an aromatic ring is 1. The molecule has 15 heteroatoms. The molecule has 1 aromatic carbocycles. The highest BCUT2D eigenvalue weighted by Crippen LogP contribution is 2.38. The van der Waals surface area contributed by atoms with Gasteiger partial charge in [0.15, 0.2) is 11.3 Å². The van der Waals surface area contributed by atoms with Gasteiger partial charge in [-0.1, -0.05) is 0 Å². The minimum atomic E-state index is -5.26. The number of halogens is 6. The van der Waals surface area contributed by atoms with E-state index in [0.29, 0.717) is 4.68 Å². The zero-order valence-corrected chi connectivity index (χ0v) is 14.1. The van der Waals surface area contributed by atoms with E-state index in [0.717, 1.165) is 24.3 Å². The van der Waals surface area contributed by atoms with Gasteiger partial charge in [0.25, 0.3) is 0 Å². The molecule has 0 aliphatic carbocycles. The molecule has 150 valence electrons. The molecule has 0 atom stereocenters. The van der Waals surface area contributed by atoms with Crippen molar-refractivity contribution in [2.24, 2.45) is 5.14 Å². The number of aromatic nitrogens is 4. The molecule has 8 nitrogen and oxygen atoms in total. The SMILES string of the molecule is Nc1c2c(C(F)(F)F)nc(C(F)(F)F)nc2nn1-c1ccc(S(N)(=O)=O)cc1. The number of benzene rings is 1. The van der Waals surface area contributed by atoms with E-state index in [9.17, 15) is 34.8 Å². The standard InChI is InChI=1S/C13H8F6N6O2S/c14-12(15,16)8-7-9(20)25(5-1-3-6(4-2-5)28(21,26)27)24-10(7)23-11(22-8)13(17,18)19/h1-4H,20H2,(H2,21,26,27). The van der Waals surface area contributed by atoms with Crippen LogP contribution in [0.15, 0.2) is 29.2 Å². The van der Waals surface area contributed by atoms with Gasteiger partial charge in [-0.2, -0.15) is 26.3 Å². The lowest BCUT2D eigenvalue weighted by Crippen LogP contribution is -2.17. The van der Waals surface area contributed by atoms with Crippen molar-refractivity contribution in [2.45, 2.75) is 17.2 Å². The molecule has 2 aromatic heterocycles. The van der Waals surface area contributed by atoms with Gasteiger partial charge in [0, 0.05) is 0 Å². The van der Waals surface area contributed by atoms with Crippen molar-refractivity contribution < 1.29 is 34.8 Å². The van der Waals surface area contributed by atoms with Gasteiger partial charge in [-0.05, 0) is 24.3 Å². The van der Waals surface area contributed by atoms with Gasteiger partial charge in [-0.25, -0.2) is 28.2 Å². The van der Waals surface area contributed by atoms with Crippen molar-refractivity contribution in [3.63, 3.8) is 0 Å². The summed E-state index contributed by atoms with van der Waals surface area (Å²) in [6.07, 6.45) is -10.5. The van der Waals surface area contributed by atoms with Crippen molar-refractivity contribution in [3.05, 3.63) is 35.8 Å². The Morgan fingerprint density at radius 1 is 0.929 bits per heavy atom. The number of rotatable bonds is 2. The molecule has 3 aromatic rings. The van der Waals surface area contributed by atoms with Gasteiger partial charge in [0.2, 0.25) is 15.8 Å². The molecular weight excluding hydrogens is 418 g/mol. The van der Waals surface area contributed by atoms with Gasteiger partial charge in [-0.3, -0.25) is 0 Å². The van der Waals surface area contributed by atoms with E-state index in [1.54, 1.807) is 0 Å². The Balaban J connectivity index is 2.28. The molecule has 0 aliphatic rings. The Morgan fingerprint density at radius 2 is 1.50 bits per heavy atom. The number of fused-ring (bicyclic) bond motifs is 1. The summed E-state index contributed by atoms with van der Waals surface area (Å²) in [7, 11) is -4.04. The summed E-state index contributed by atoms with van der Waals surface area (Å²) >= 11 is 0. The highest BCUT2D eigenvalue weighted by molar-refractivity contribution is 7.89. The topological polar surface area (TPSA) is 130 Å². The number of nitrogens with zero attached hydrogens (tertiary/aromatic N) is 4. The molecule has 2 heterocycles. The fourth-order valence-electron chi connectivity index (χ4n) is 2.32. The third-order valence-electron chi connectivity index (χ3n) is 3.50. The number of hydrogen-bond acceptors (Lipinski definition) is 6. The van der Waals surface area contributed by atoms with Crippen molar-refractivity contribution in [3.8, 4) is 5.69 Å². The Bertz CT molecular complexity index is 1170. The molecule has 0 spiro atoms. The third-order valence-corrected chi connectivity index (χ3v) is 4.43. The summed E-state index contributed by atoms with van der Waals surface area (Å²) in [6, 6.07) is 4.25. The number of sulfonamides is 1. The summed E-state index contributed by atoms with van der Waals surface area (Å²) in [5, 5.41) is 7.60. The van der Waals surface area contributed by atoms with Crippen LogP contribution >= 0.6 is 0 Å². The van der Waals surface area contributed by atoms with Crippen LogP contribution in [0.25, 0.3) is 16.7 Å². The minimum absolute atomic E-state index is 0.0374. The second-order valence-electron chi connectivity index (χ2n) is 5.43. The largest absolute Gasteiger partial charge is 0.451 e. The molecule has 0 fully saturated rings. The normalized spacial score (nSPS) is 13.2. The predicted molar refractivity (Wildman–Crippen MR) is 82.4 cm³/mol. The number of alkyl halides is 6. The van der Waals surface area contributed by atoms with Crippen LogP contribution in [0.3, 0.4) is 0 Å². The quantitative estimate of drug-likeness (QED) is 0.604. The lowest BCUT2D eigenvalue weighted by atomic mass is 10.2. The van der Waals surface area contributed by atoms with Crippen LogP contribution in [-0.4, -0.2) is 28.2 Å². The first-order valence-electron chi connectivity index (χ1n) is 7.03. The summed E-state index contributed by atoms with van der Waals surface area (Å²) in [6.45, 7) is 0. The smallest absolute Gasteiger partial charge is 0.383 e. The average molecular weight is 426 g/mol. The first kappa shape index (κ1) is 19.8. The van der Waals surface area contributed by atoms with Crippen molar-refractivity contribution >= 4 is 26.9 Å². The van der Waals surface area contributed by atoms with E-state index in [-0.39, 0.29) is 10.6 Å².